The number of amides is 1. The van der Waals surface area contributed by atoms with E-state index in [1.807, 2.05) is 47.5 Å². The maximum absolute atomic E-state index is 13.4. The fourth-order valence-electron chi connectivity index (χ4n) is 4.37. The summed E-state index contributed by atoms with van der Waals surface area (Å²) in [6.45, 7) is 1.58. The summed E-state index contributed by atoms with van der Waals surface area (Å²) in [5.74, 6) is 0.310. The largest absolute Gasteiger partial charge is 0.361 e. The van der Waals surface area contributed by atoms with E-state index in [1.165, 1.54) is 0 Å². The molecule has 1 aliphatic heterocycles. The van der Waals surface area contributed by atoms with Crippen molar-refractivity contribution in [1.29, 1.82) is 0 Å². The number of para-hydroxylation sites is 1. The first kappa shape index (κ1) is 20.0. The van der Waals surface area contributed by atoms with Crippen molar-refractivity contribution in [2.24, 2.45) is 11.7 Å². The van der Waals surface area contributed by atoms with Gasteiger partial charge < -0.3 is 20.5 Å². The molecule has 5 nitrogen and oxygen atoms in total. The maximum Gasteiger partial charge on any atom is 0.244 e. The number of nitrogens with zero attached hydrogens (tertiary/aromatic N) is 2. The van der Waals surface area contributed by atoms with Gasteiger partial charge >= 0.3 is 0 Å². The number of anilines is 1. The van der Waals surface area contributed by atoms with E-state index >= 15 is 0 Å². The molecule has 0 aliphatic carbocycles. The van der Waals surface area contributed by atoms with E-state index in [0.717, 1.165) is 40.7 Å². The van der Waals surface area contributed by atoms with E-state index in [9.17, 15) is 4.79 Å². The number of benzene rings is 2. The molecule has 0 saturated carbocycles. The molecule has 0 fully saturated rings. The van der Waals surface area contributed by atoms with Crippen molar-refractivity contribution >= 4 is 34.1 Å². The number of aromatic nitrogens is 1. The predicted molar refractivity (Wildman–Crippen MR) is 120 cm³/mol. The third kappa shape index (κ3) is 4.17. The number of carbonyl (C=O) groups is 1. The third-order valence-corrected chi connectivity index (χ3v) is 5.84. The Labute approximate surface area is 176 Å². The molecule has 1 aromatic heterocycles. The summed E-state index contributed by atoms with van der Waals surface area (Å²) in [7, 11) is 4.12. The van der Waals surface area contributed by atoms with Gasteiger partial charge in [0.1, 0.15) is 0 Å². The third-order valence-electron chi connectivity index (χ3n) is 5.61. The smallest absolute Gasteiger partial charge is 0.244 e. The highest BCUT2D eigenvalue weighted by Crippen LogP contribution is 2.33. The van der Waals surface area contributed by atoms with Crippen LogP contribution in [0.2, 0.25) is 5.02 Å². The molecule has 152 valence electrons. The molecule has 2 atom stereocenters. The number of H-pyrrole nitrogens is 1. The van der Waals surface area contributed by atoms with Gasteiger partial charge in [-0.05, 0) is 62.2 Å². The van der Waals surface area contributed by atoms with Crippen molar-refractivity contribution < 1.29 is 4.79 Å². The molecule has 29 heavy (non-hydrogen) atoms. The van der Waals surface area contributed by atoms with Crippen molar-refractivity contribution in [1.82, 2.24) is 9.88 Å². The Balaban J connectivity index is 1.59. The normalized spacial score (nSPS) is 17.6. The Morgan fingerprint density at radius 2 is 2.10 bits per heavy atom. The molecule has 0 unspecified atom stereocenters. The maximum atomic E-state index is 13.4. The second kappa shape index (κ2) is 8.19. The van der Waals surface area contributed by atoms with Crippen LogP contribution < -0.4 is 10.6 Å². The number of hydrogen-bond donors (Lipinski definition) is 2. The van der Waals surface area contributed by atoms with E-state index in [2.05, 4.69) is 30.0 Å². The molecule has 2 heterocycles. The molecule has 4 rings (SSSR count). The number of rotatable bonds is 5. The van der Waals surface area contributed by atoms with Gasteiger partial charge in [-0.1, -0.05) is 35.9 Å². The zero-order valence-corrected chi connectivity index (χ0v) is 17.6. The van der Waals surface area contributed by atoms with Gasteiger partial charge in [-0.3, -0.25) is 4.79 Å². The molecule has 0 bridgehead atoms. The first-order valence-corrected chi connectivity index (χ1v) is 10.4. The quantitative estimate of drug-likeness (QED) is 0.677. The van der Waals surface area contributed by atoms with Gasteiger partial charge in [0.15, 0.2) is 0 Å². The lowest BCUT2D eigenvalue weighted by Crippen LogP contribution is -2.50. The summed E-state index contributed by atoms with van der Waals surface area (Å²) in [5, 5.41) is 1.75. The summed E-state index contributed by atoms with van der Waals surface area (Å²) in [6.07, 6.45) is 3.38. The Morgan fingerprint density at radius 3 is 2.90 bits per heavy atom. The molecule has 2 aromatic carbocycles. The number of aromatic amines is 1. The molecule has 0 spiro atoms. The lowest BCUT2D eigenvalue weighted by atomic mass is 9.91. The monoisotopic (exact) mass is 410 g/mol. The molecular weight excluding hydrogens is 384 g/mol. The predicted octanol–water partition coefficient (Wildman–Crippen LogP) is 3.46. The zero-order chi connectivity index (χ0) is 20.5. The lowest BCUT2D eigenvalue weighted by Gasteiger charge is -2.37. The van der Waals surface area contributed by atoms with Gasteiger partial charge in [-0.25, -0.2) is 0 Å². The van der Waals surface area contributed by atoms with Gasteiger partial charge in [0, 0.05) is 40.9 Å². The fourth-order valence-corrected chi connectivity index (χ4v) is 4.53. The zero-order valence-electron chi connectivity index (χ0n) is 16.9. The number of halogens is 1. The van der Waals surface area contributed by atoms with Crippen LogP contribution in [0, 0.1) is 5.92 Å². The Bertz CT molecular complexity index is 1030. The van der Waals surface area contributed by atoms with Crippen LogP contribution in [0.3, 0.4) is 0 Å². The second-order valence-corrected chi connectivity index (χ2v) is 8.66. The van der Waals surface area contributed by atoms with Crippen LogP contribution in [0.25, 0.3) is 10.9 Å². The van der Waals surface area contributed by atoms with Crippen LogP contribution in [0.4, 0.5) is 5.69 Å². The number of nitrogens with one attached hydrogen (secondary N) is 1. The van der Waals surface area contributed by atoms with Gasteiger partial charge in [-0.15, -0.1) is 0 Å². The topological polar surface area (TPSA) is 65.4 Å². The summed E-state index contributed by atoms with van der Waals surface area (Å²) < 4.78 is 0. The molecule has 0 radical (unpaired) electrons. The molecule has 1 amide bonds. The number of fused-ring (bicyclic) bond motifs is 2. The molecule has 3 aromatic rings. The highest BCUT2D eigenvalue weighted by atomic mass is 35.5. The summed E-state index contributed by atoms with van der Waals surface area (Å²) in [4.78, 5) is 20.7. The van der Waals surface area contributed by atoms with Gasteiger partial charge in [0.05, 0.1) is 6.04 Å². The van der Waals surface area contributed by atoms with Crippen molar-refractivity contribution in [3.8, 4) is 0 Å². The van der Waals surface area contributed by atoms with Crippen molar-refractivity contribution in [3.05, 3.63) is 64.8 Å². The lowest BCUT2D eigenvalue weighted by molar-refractivity contribution is -0.120. The molecule has 0 saturated heterocycles. The van der Waals surface area contributed by atoms with Crippen LogP contribution in [-0.4, -0.2) is 49.0 Å². The molecule has 3 N–H and O–H groups in total. The SMILES string of the molecule is CN(C)C[C@H]1Cc2ccc(Cl)cc2N(C(=O)[C@H](N)Cc2c[nH]c3ccccc23)C1. The van der Waals surface area contributed by atoms with Crippen LogP contribution in [0.15, 0.2) is 48.7 Å². The molecule has 1 aliphatic rings. The summed E-state index contributed by atoms with van der Waals surface area (Å²) in [6, 6.07) is 13.3. The summed E-state index contributed by atoms with van der Waals surface area (Å²) in [5.41, 5.74) is 10.6. The van der Waals surface area contributed by atoms with Gasteiger partial charge in [0.25, 0.3) is 0 Å². The van der Waals surface area contributed by atoms with Crippen molar-refractivity contribution in [3.63, 3.8) is 0 Å². The minimum absolute atomic E-state index is 0.0535. The number of nitrogens with two attached hydrogens (primary N) is 1. The average Bonchev–Trinajstić information content (AvgIpc) is 3.09. The van der Waals surface area contributed by atoms with E-state index < -0.39 is 6.04 Å². The highest BCUT2D eigenvalue weighted by Gasteiger charge is 2.32. The summed E-state index contributed by atoms with van der Waals surface area (Å²) >= 11 is 6.25. The van der Waals surface area contributed by atoms with Crippen LogP contribution in [-0.2, 0) is 17.6 Å². The number of hydrogen-bond acceptors (Lipinski definition) is 3. The second-order valence-electron chi connectivity index (χ2n) is 8.22. The van der Waals surface area contributed by atoms with Crippen molar-refractivity contribution in [2.45, 2.75) is 18.9 Å². The van der Waals surface area contributed by atoms with E-state index in [4.69, 9.17) is 17.3 Å². The van der Waals surface area contributed by atoms with Crippen LogP contribution in [0.1, 0.15) is 11.1 Å². The van der Waals surface area contributed by atoms with Crippen LogP contribution in [0.5, 0.6) is 0 Å². The first-order chi connectivity index (χ1) is 13.9. The minimum atomic E-state index is -0.612. The first-order valence-electron chi connectivity index (χ1n) is 9.97. The van der Waals surface area contributed by atoms with Gasteiger partial charge in [-0.2, -0.15) is 0 Å². The highest BCUT2D eigenvalue weighted by molar-refractivity contribution is 6.31. The van der Waals surface area contributed by atoms with Crippen LogP contribution >= 0.6 is 11.6 Å². The van der Waals surface area contributed by atoms with E-state index in [0.29, 0.717) is 23.9 Å². The fraction of sp³-hybridized carbons (Fsp3) is 0.348. The van der Waals surface area contributed by atoms with E-state index in [1.54, 1.807) is 0 Å². The molecular formula is C23H27ClN4O. The Hall–Kier alpha value is -2.34. The van der Waals surface area contributed by atoms with E-state index in [-0.39, 0.29) is 5.91 Å². The van der Waals surface area contributed by atoms with Crippen molar-refractivity contribution in [2.75, 3.05) is 32.1 Å². The average molecular weight is 411 g/mol. The Kier molecular flexibility index (Phi) is 5.63. The molecule has 6 heteroatoms. The van der Waals surface area contributed by atoms with Gasteiger partial charge in [0.2, 0.25) is 5.91 Å². The Morgan fingerprint density at radius 1 is 1.31 bits per heavy atom. The number of carbonyl (C=O) groups excluding carboxylic acids is 1. The standard InChI is InChI=1S/C23H27ClN4O/c1-27(2)13-15-9-16-7-8-18(24)11-22(16)28(14-15)23(29)20(25)10-17-12-26-21-6-4-3-5-19(17)21/h3-8,11-12,15,20,26H,9-10,13-14,25H2,1-2H3/t15-,20-/m1/s1. The minimum Gasteiger partial charge on any atom is -0.361 e.